The van der Waals surface area contributed by atoms with Crippen LogP contribution < -0.4 is 39.7 Å². The van der Waals surface area contributed by atoms with E-state index in [4.69, 9.17) is 26.8 Å². The molecule has 0 aliphatic rings. The zero-order valence-electron chi connectivity index (χ0n) is 29.2. The highest BCUT2D eigenvalue weighted by Gasteiger charge is 2.06. The number of nitrogens with two attached hydrogens (primary N) is 1. The number of carboxylic acid groups (broad SMARTS) is 1. The first kappa shape index (κ1) is 45.6. The van der Waals surface area contributed by atoms with Crippen LogP contribution in [0, 0.1) is 4.77 Å². The molecule has 0 saturated heterocycles. The molecule has 0 atom stereocenters. The third kappa shape index (κ3) is 15.8. The molecule has 15 heteroatoms. The van der Waals surface area contributed by atoms with E-state index >= 15 is 0 Å². The number of hydrogen-bond acceptors (Lipinski definition) is 6. The van der Waals surface area contributed by atoms with E-state index in [2.05, 4.69) is 123 Å². The Bertz CT molecular complexity index is 1910. The number of carboxylic acids is 1. The molecule has 284 valence electrons. The van der Waals surface area contributed by atoms with Crippen LogP contribution in [-0.2, 0) is 27.4 Å². The van der Waals surface area contributed by atoms with Gasteiger partial charge in [-0.2, -0.15) is 5.10 Å². The predicted octanol–water partition coefficient (Wildman–Crippen LogP) is -0.128. The van der Waals surface area contributed by atoms with Gasteiger partial charge in [0.1, 0.15) is 19.5 Å². The Morgan fingerprint density at radius 1 is 0.704 bits per heavy atom. The van der Waals surface area contributed by atoms with E-state index in [0.29, 0.717) is 35.6 Å². The Morgan fingerprint density at radius 3 is 1.46 bits per heavy atom. The number of aromatic nitrogens is 5. The third-order valence-electron chi connectivity index (χ3n) is 7.43. The minimum Gasteiger partial charge on any atom is -1.00 e. The lowest BCUT2D eigenvalue weighted by atomic mass is 10.1. The van der Waals surface area contributed by atoms with Crippen molar-refractivity contribution in [2.75, 3.05) is 30.9 Å². The molecular formula is C39H41Cl2IN6O5S. The summed E-state index contributed by atoms with van der Waals surface area (Å²) in [6.07, 6.45) is 9.94. The van der Waals surface area contributed by atoms with Gasteiger partial charge in [0, 0.05) is 30.0 Å². The molecule has 0 aliphatic carbocycles. The van der Waals surface area contributed by atoms with E-state index < -0.39 is 5.97 Å². The van der Waals surface area contributed by atoms with Crippen molar-refractivity contribution in [1.29, 1.82) is 0 Å². The smallest absolute Gasteiger partial charge is 0.335 e. The first-order chi connectivity index (χ1) is 25.3. The Balaban J connectivity index is 0.000000382. The quantitative estimate of drug-likeness (QED) is 0.0456. The monoisotopic (exact) mass is 902 g/mol. The molecule has 6 rings (SSSR count). The Kier molecular flexibility index (Phi) is 21.6. The minimum absolute atomic E-state index is 0. The summed E-state index contributed by atoms with van der Waals surface area (Å²) < 4.78 is 18.3. The fourth-order valence-electron chi connectivity index (χ4n) is 4.72. The van der Waals surface area contributed by atoms with Crippen molar-refractivity contribution < 1.29 is 58.1 Å². The number of aromatic carboxylic acids is 1. The summed E-state index contributed by atoms with van der Waals surface area (Å²) in [6.45, 7) is 4.24. The molecule has 3 heterocycles. The first-order valence-electron chi connectivity index (χ1n) is 16.4. The molecule has 3 aromatic carbocycles. The lowest BCUT2D eigenvalue weighted by Gasteiger charge is -2.05. The summed E-state index contributed by atoms with van der Waals surface area (Å²) >= 11 is 6.88. The van der Waals surface area contributed by atoms with E-state index in [0.717, 1.165) is 18.8 Å². The second-order valence-corrected chi connectivity index (χ2v) is 12.2. The van der Waals surface area contributed by atoms with Gasteiger partial charge in [-0.05, 0) is 58.7 Å². The number of amides is 1. The molecule has 0 saturated carbocycles. The van der Waals surface area contributed by atoms with Gasteiger partial charge in [-0.1, -0.05) is 83.3 Å². The van der Waals surface area contributed by atoms with Gasteiger partial charge in [-0.3, -0.25) is 14.5 Å². The Morgan fingerprint density at radius 2 is 1.11 bits per heavy atom. The number of nitrogens with zero attached hydrogens (tertiary/aromatic N) is 4. The highest BCUT2D eigenvalue weighted by molar-refractivity contribution is 14.1. The van der Waals surface area contributed by atoms with Gasteiger partial charge < -0.3 is 45.1 Å². The fourth-order valence-corrected chi connectivity index (χ4v) is 4.92. The van der Waals surface area contributed by atoms with Crippen LogP contribution in [0.1, 0.15) is 10.4 Å². The zero-order valence-corrected chi connectivity index (χ0v) is 33.7. The van der Waals surface area contributed by atoms with Crippen molar-refractivity contribution in [3.8, 4) is 27.9 Å². The molecular weight excluding hydrogens is 862 g/mol. The molecule has 3 aromatic heterocycles. The van der Waals surface area contributed by atoms with Crippen molar-refractivity contribution in [3.63, 3.8) is 0 Å². The number of nitrogens with one attached hydrogen (secondary N) is 1. The lowest BCUT2D eigenvalue weighted by Crippen LogP contribution is -3.00. The number of halogens is 3. The molecule has 11 nitrogen and oxygen atoms in total. The maximum atomic E-state index is 10.6. The largest absolute Gasteiger partial charge is 1.00 e. The van der Waals surface area contributed by atoms with E-state index in [-0.39, 0.29) is 36.3 Å². The molecule has 0 radical (unpaired) electrons. The number of aromatic amines is 1. The van der Waals surface area contributed by atoms with Gasteiger partial charge in [0.25, 0.3) is 0 Å². The van der Waals surface area contributed by atoms with E-state index in [1.807, 2.05) is 34.7 Å². The first-order valence-corrected chi connectivity index (χ1v) is 18.3. The van der Waals surface area contributed by atoms with E-state index in [9.17, 15) is 9.59 Å². The van der Waals surface area contributed by atoms with Crippen LogP contribution in [0.2, 0.25) is 0 Å². The second-order valence-electron chi connectivity index (χ2n) is 11.1. The van der Waals surface area contributed by atoms with Crippen LogP contribution in [0.15, 0.2) is 140 Å². The molecule has 0 fully saturated rings. The van der Waals surface area contributed by atoms with Crippen molar-refractivity contribution in [2.24, 2.45) is 5.73 Å². The highest BCUT2D eigenvalue weighted by Crippen LogP contribution is 2.17. The standard InChI is InChI=1S/C28H30N2O2.C9H7N3O2S.C2H4INO.2ClH/c1-3-7-25(8-4-1)27-11-15-29(16-12-27)19-21-31-23-24-32-22-20-30-17-13-28(14-18-30)26-9-5-2-6-10-26;13-8(14)6-1-3-7(4-2-6)12-5-10-11-9(12)15;3-1-2(4)5;;/h1-18H,19-24H2;1-5H,(H,11,15)(H,13,14);1H2,(H2,4,5);2*1H/q+2;;;;/p-2. The number of rotatable bonds is 14. The average molecular weight is 904 g/mol. The summed E-state index contributed by atoms with van der Waals surface area (Å²) in [7, 11) is 0. The summed E-state index contributed by atoms with van der Waals surface area (Å²) in [5, 5.41) is 15.1. The van der Waals surface area contributed by atoms with Crippen molar-refractivity contribution in [1.82, 2.24) is 14.8 Å². The molecule has 0 unspecified atom stereocenters. The molecule has 0 aliphatic heterocycles. The SMILES string of the molecule is NC(=O)CI.O=C(O)c1ccc(-n2cn[nH]c2=S)cc1.[Cl-].[Cl-].c1ccc(-c2cc[n+](CCOCCOCC[n+]3ccc(-c4ccccc4)cc3)cc2)cc1. The number of carbonyl (C=O) groups excluding carboxylic acids is 1. The average Bonchev–Trinajstić information content (AvgIpc) is 3.63. The molecule has 0 spiro atoms. The Labute approximate surface area is 345 Å². The number of pyridine rings is 2. The Hall–Kier alpha value is -4.51. The normalized spacial score (nSPS) is 9.94. The van der Waals surface area contributed by atoms with Crippen LogP contribution in [0.4, 0.5) is 0 Å². The van der Waals surface area contributed by atoms with E-state index in [1.165, 1.54) is 40.7 Å². The van der Waals surface area contributed by atoms with Crippen LogP contribution >= 0.6 is 34.8 Å². The fraction of sp³-hybridized carbons (Fsp3) is 0.179. The van der Waals surface area contributed by atoms with Gasteiger partial charge in [-0.15, -0.1) is 0 Å². The highest BCUT2D eigenvalue weighted by atomic mass is 127. The van der Waals surface area contributed by atoms with Gasteiger partial charge in [0.2, 0.25) is 5.91 Å². The predicted molar refractivity (Wildman–Crippen MR) is 210 cm³/mol. The molecule has 6 aromatic rings. The molecule has 1 amide bonds. The molecule has 4 N–H and O–H groups in total. The van der Waals surface area contributed by atoms with Crippen LogP contribution in [-0.4, -0.2) is 62.6 Å². The molecule has 54 heavy (non-hydrogen) atoms. The number of benzene rings is 3. The molecule has 0 bridgehead atoms. The number of primary amides is 1. The number of hydrogen-bond donors (Lipinski definition) is 3. The zero-order chi connectivity index (χ0) is 37.0. The van der Waals surface area contributed by atoms with Crippen LogP contribution in [0.25, 0.3) is 27.9 Å². The van der Waals surface area contributed by atoms with Crippen molar-refractivity contribution >= 4 is 46.7 Å². The maximum Gasteiger partial charge on any atom is 0.335 e. The van der Waals surface area contributed by atoms with Crippen LogP contribution in [0.3, 0.4) is 0 Å². The van der Waals surface area contributed by atoms with E-state index in [1.54, 1.807) is 16.7 Å². The lowest BCUT2D eigenvalue weighted by molar-refractivity contribution is -0.699. The minimum atomic E-state index is -0.947. The van der Waals surface area contributed by atoms with Crippen molar-refractivity contribution in [3.05, 3.63) is 151 Å². The summed E-state index contributed by atoms with van der Waals surface area (Å²) in [5.41, 5.74) is 10.6. The van der Waals surface area contributed by atoms with Crippen LogP contribution in [0.5, 0.6) is 0 Å². The van der Waals surface area contributed by atoms with Gasteiger partial charge in [0.05, 0.1) is 23.2 Å². The summed E-state index contributed by atoms with van der Waals surface area (Å²) in [6, 6.07) is 35.8. The topological polar surface area (TPSA) is 140 Å². The third-order valence-corrected chi connectivity index (χ3v) is 8.47. The number of alkyl halides is 1. The summed E-state index contributed by atoms with van der Waals surface area (Å²) in [5.74, 6) is -1.21. The maximum absolute atomic E-state index is 10.6. The van der Waals surface area contributed by atoms with Crippen molar-refractivity contribution in [2.45, 2.75) is 13.1 Å². The van der Waals surface area contributed by atoms with Gasteiger partial charge in [0.15, 0.2) is 42.6 Å². The summed E-state index contributed by atoms with van der Waals surface area (Å²) in [4.78, 5) is 20.2. The number of ether oxygens (including phenoxy) is 2. The van der Waals surface area contributed by atoms with Gasteiger partial charge >= 0.3 is 5.97 Å². The van der Waals surface area contributed by atoms with Gasteiger partial charge in [-0.25, -0.2) is 13.9 Å². The number of carbonyl (C=O) groups is 2. The second kappa shape index (κ2) is 25.5. The number of H-pyrrole nitrogens is 1.